The van der Waals surface area contributed by atoms with E-state index in [9.17, 15) is 9.18 Å². The highest BCUT2D eigenvalue weighted by Crippen LogP contribution is 2.32. The van der Waals surface area contributed by atoms with Gasteiger partial charge in [-0.1, -0.05) is 30.3 Å². The van der Waals surface area contributed by atoms with Gasteiger partial charge in [0.1, 0.15) is 11.6 Å². The maximum absolute atomic E-state index is 14.2. The van der Waals surface area contributed by atoms with Crippen molar-refractivity contribution in [2.75, 3.05) is 37.7 Å². The van der Waals surface area contributed by atoms with Gasteiger partial charge in [-0.15, -0.1) is 0 Å². The minimum absolute atomic E-state index is 0.0623. The lowest BCUT2D eigenvalue weighted by Gasteiger charge is -2.32. The van der Waals surface area contributed by atoms with Crippen LogP contribution in [0.1, 0.15) is 21.6 Å². The third-order valence-corrected chi connectivity index (χ3v) is 5.65. The summed E-state index contributed by atoms with van der Waals surface area (Å²) in [5.74, 6) is 0.805. The zero-order chi connectivity index (χ0) is 21.9. The van der Waals surface area contributed by atoms with E-state index in [-0.39, 0.29) is 18.0 Å². The lowest BCUT2D eigenvalue weighted by atomic mass is 10.0. The number of carbonyl (C=O) groups is 1. The summed E-state index contributed by atoms with van der Waals surface area (Å²) >= 11 is 0. The molecule has 2 aliphatic rings. The summed E-state index contributed by atoms with van der Waals surface area (Å²) < 4.78 is 25.8. The number of morpholine rings is 1. The third kappa shape index (κ3) is 4.13. The molecule has 1 saturated heterocycles. The van der Waals surface area contributed by atoms with Gasteiger partial charge in [0, 0.05) is 26.1 Å². The largest absolute Gasteiger partial charge is 0.438 e. The highest BCUT2D eigenvalue weighted by Gasteiger charge is 2.29. The highest BCUT2D eigenvalue weighted by atomic mass is 19.1. The Balaban J connectivity index is 1.49. The molecule has 3 aromatic rings. The molecular formula is C24H23FN4O3. The molecule has 0 atom stereocenters. The maximum atomic E-state index is 14.2. The quantitative estimate of drug-likeness (QED) is 0.627. The number of hydrogen-bond acceptors (Lipinski definition) is 6. The van der Waals surface area contributed by atoms with Crippen molar-refractivity contribution in [2.24, 2.45) is 0 Å². The van der Waals surface area contributed by atoms with Crippen LogP contribution in [0.25, 0.3) is 0 Å². The van der Waals surface area contributed by atoms with Gasteiger partial charge in [0.2, 0.25) is 11.8 Å². The Hall–Kier alpha value is -3.52. The van der Waals surface area contributed by atoms with Gasteiger partial charge in [-0.05, 0) is 24.3 Å². The van der Waals surface area contributed by atoms with E-state index in [1.807, 2.05) is 30.3 Å². The summed E-state index contributed by atoms with van der Waals surface area (Å²) in [6.45, 7) is 3.38. The van der Waals surface area contributed by atoms with Gasteiger partial charge in [-0.3, -0.25) is 4.79 Å². The van der Waals surface area contributed by atoms with Crippen molar-refractivity contribution >= 4 is 11.9 Å². The van der Waals surface area contributed by atoms with Gasteiger partial charge in [0.15, 0.2) is 0 Å². The van der Waals surface area contributed by atoms with Crippen molar-refractivity contribution in [1.29, 1.82) is 0 Å². The van der Waals surface area contributed by atoms with Gasteiger partial charge in [-0.25, -0.2) is 9.37 Å². The molecule has 0 bridgehead atoms. The summed E-state index contributed by atoms with van der Waals surface area (Å²) in [4.78, 5) is 26.2. The molecule has 3 heterocycles. The Labute approximate surface area is 185 Å². The number of aromatic nitrogens is 2. The van der Waals surface area contributed by atoms with Crippen LogP contribution < -0.4 is 9.64 Å². The molecule has 1 amide bonds. The first-order valence-electron chi connectivity index (χ1n) is 10.7. The van der Waals surface area contributed by atoms with Crippen molar-refractivity contribution in [3.8, 4) is 11.6 Å². The summed E-state index contributed by atoms with van der Waals surface area (Å²) in [5, 5.41) is 0. The van der Waals surface area contributed by atoms with E-state index >= 15 is 0 Å². The van der Waals surface area contributed by atoms with Crippen molar-refractivity contribution < 1.29 is 18.7 Å². The molecule has 1 aromatic heterocycles. The molecule has 0 spiro atoms. The van der Waals surface area contributed by atoms with E-state index < -0.39 is 5.82 Å². The number of halogens is 1. The summed E-state index contributed by atoms with van der Waals surface area (Å²) in [6.07, 6.45) is 0.542. The zero-order valence-electron chi connectivity index (χ0n) is 17.5. The molecule has 2 aromatic carbocycles. The van der Waals surface area contributed by atoms with Crippen LogP contribution in [0.3, 0.4) is 0 Å². The van der Waals surface area contributed by atoms with Crippen molar-refractivity contribution in [2.45, 2.75) is 13.0 Å². The van der Waals surface area contributed by atoms with Crippen molar-refractivity contribution in [3.05, 3.63) is 77.2 Å². The number of anilines is 1. The molecule has 8 heteroatoms. The molecule has 0 radical (unpaired) electrons. The van der Waals surface area contributed by atoms with Crippen LogP contribution in [0, 0.1) is 5.82 Å². The van der Waals surface area contributed by atoms with Crippen molar-refractivity contribution in [1.82, 2.24) is 14.9 Å². The van der Waals surface area contributed by atoms with Gasteiger partial charge in [0.25, 0.3) is 5.91 Å². The lowest BCUT2D eigenvalue weighted by Crippen LogP contribution is -2.39. The Morgan fingerprint density at radius 3 is 2.50 bits per heavy atom. The van der Waals surface area contributed by atoms with Crippen LogP contribution in [0.5, 0.6) is 11.6 Å². The Morgan fingerprint density at radius 2 is 1.72 bits per heavy atom. The number of benzene rings is 2. The number of nitrogens with zero attached hydrogens (tertiary/aromatic N) is 4. The van der Waals surface area contributed by atoms with Crippen LogP contribution in [-0.2, 0) is 17.7 Å². The van der Waals surface area contributed by atoms with Crippen LogP contribution in [0.15, 0.2) is 54.6 Å². The summed E-state index contributed by atoms with van der Waals surface area (Å²) in [7, 11) is 0. The molecule has 164 valence electrons. The summed E-state index contributed by atoms with van der Waals surface area (Å²) in [6, 6.07) is 15.4. The number of amides is 1. The lowest BCUT2D eigenvalue weighted by molar-refractivity contribution is 0.0727. The number of para-hydroxylation sites is 1. The average molecular weight is 434 g/mol. The number of fused-ring (bicyclic) bond motifs is 1. The van der Waals surface area contributed by atoms with Crippen LogP contribution in [-0.4, -0.2) is 53.6 Å². The van der Waals surface area contributed by atoms with Gasteiger partial charge in [0.05, 0.1) is 36.6 Å². The Kier molecular flexibility index (Phi) is 5.68. The zero-order valence-corrected chi connectivity index (χ0v) is 17.5. The SMILES string of the molecule is O=C(c1ccccc1F)N1CCc2nc(N3CCOCC3)nc(Oc3ccccc3)c2C1. The highest BCUT2D eigenvalue weighted by molar-refractivity contribution is 5.94. The molecule has 32 heavy (non-hydrogen) atoms. The average Bonchev–Trinajstić information content (AvgIpc) is 2.85. The molecule has 7 nitrogen and oxygen atoms in total. The first kappa shape index (κ1) is 20.4. The van der Waals surface area contributed by atoms with Crippen molar-refractivity contribution in [3.63, 3.8) is 0 Å². The fourth-order valence-corrected chi connectivity index (χ4v) is 3.94. The minimum Gasteiger partial charge on any atom is -0.438 e. The van der Waals surface area contributed by atoms with E-state index in [0.29, 0.717) is 56.8 Å². The first-order chi connectivity index (χ1) is 15.7. The second-order valence-corrected chi connectivity index (χ2v) is 7.73. The van der Waals surface area contributed by atoms with Gasteiger partial charge >= 0.3 is 0 Å². The standard InChI is InChI=1S/C24H23FN4O3/c25-20-9-5-4-8-18(20)23(30)29-11-10-21-19(16-29)22(32-17-6-2-1-3-7-17)27-24(26-21)28-12-14-31-15-13-28/h1-9H,10-16H2. The molecule has 0 N–H and O–H groups in total. The number of hydrogen-bond donors (Lipinski definition) is 0. The van der Waals surface area contributed by atoms with E-state index in [2.05, 4.69) is 4.90 Å². The molecule has 2 aliphatic heterocycles. The summed E-state index contributed by atoms with van der Waals surface area (Å²) in [5.41, 5.74) is 1.67. The smallest absolute Gasteiger partial charge is 0.257 e. The number of carbonyl (C=O) groups excluding carboxylic acids is 1. The van der Waals surface area contributed by atoms with E-state index in [4.69, 9.17) is 19.4 Å². The normalized spacial score (nSPS) is 15.9. The predicted molar refractivity (Wildman–Crippen MR) is 116 cm³/mol. The number of rotatable bonds is 4. The predicted octanol–water partition coefficient (Wildman–Crippen LogP) is 3.44. The van der Waals surface area contributed by atoms with E-state index in [1.54, 1.807) is 17.0 Å². The third-order valence-electron chi connectivity index (χ3n) is 5.65. The fourth-order valence-electron chi connectivity index (χ4n) is 3.94. The molecule has 5 rings (SSSR count). The molecule has 0 saturated carbocycles. The van der Waals surface area contributed by atoms with Crippen LogP contribution in [0.4, 0.5) is 10.3 Å². The first-order valence-corrected chi connectivity index (χ1v) is 10.7. The maximum Gasteiger partial charge on any atom is 0.257 e. The monoisotopic (exact) mass is 434 g/mol. The molecule has 0 unspecified atom stereocenters. The topological polar surface area (TPSA) is 67.8 Å². The Bertz CT molecular complexity index is 1120. The molecular weight excluding hydrogens is 411 g/mol. The van der Waals surface area contributed by atoms with Gasteiger partial charge in [-0.2, -0.15) is 4.98 Å². The second-order valence-electron chi connectivity index (χ2n) is 7.73. The Morgan fingerprint density at radius 1 is 0.969 bits per heavy atom. The van der Waals surface area contributed by atoms with Crippen LogP contribution in [0.2, 0.25) is 0 Å². The van der Waals surface area contributed by atoms with Crippen LogP contribution >= 0.6 is 0 Å². The van der Waals surface area contributed by atoms with E-state index in [0.717, 1.165) is 11.3 Å². The van der Waals surface area contributed by atoms with Gasteiger partial charge < -0.3 is 19.3 Å². The number of ether oxygens (including phenoxy) is 2. The molecule has 1 fully saturated rings. The second kappa shape index (κ2) is 8.92. The van der Waals surface area contributed by atoms with E-state index in [1.165, 1.54) is 12.1 Å². The minimum atomic E-state index is -0.525. The molecule has 0 aliphatic carbocycles. The fraction of sp³-hybridized carbons (Fsp3) is 0.292.